The minimum Gasteiger partial charge on any atom is -0.368 e. The molecule has 82 valence electrons. The van der Waals surface area contributed by atoms with Crippen LogP contribution in [-0.2, 0) is 0 Å². The average Bonchev–Trinajstić information content (AvgIpc) is 2.57. The summed E-state index contributed by atoms with van der Waals surface area (Å²) in [6, 6.07) is 0. The Hall–Kier alpha value is -1.12. The normalized spacial score (nSPS) is 22.4. The Balaban J connectivity index is 1.92. The van der Waals surface area contributed by atoms with Crippen LogP contribution in [0.2, 0.25) is 0 Å². The van der Waals surface area contributed by atoms with Crippen LogP contribution < -0.4 is 5.32 Å². The Morgan fingerprint density at radius 2 is 1.87 bits per heavy atom. The molecule has 0 unspecified atom stereocenters. The lowest BCUT2D eigenvalue weighted by molar-refractivity contribution is 0.457. The third-order valence-electron chi connectivity index (χ3n) is 4.37. The highest BCUT2D eigenvalue weighted by molar-refractivity contribution is 5.31. The lowest BCUT2D eigenvalue weighted by Crippen LogP contribution is -2.09. The molecule has 1 saturated carbocycles. The van der Waals surface area contributed by atoms with Gasteiger partial charge in [-0.1, -0.05) is 27.7 Å². The molecular formula is C12H19N3. The smallest absolute Gasteiger partial charge is 0.144 e. The summed E-state index contributed by atoms with van der Waals surface area (Å²) >= 11 is 0. The highest BCUT2D eigenvalue weighted by Gasteiger charge is 2.64. The quantitative estimate of drug-likeness (QED) is 0.824. The van der Waals surface area contributed by atoms with Gasteiger partial charge in [0.2, 0.25) is 0 Å². The Kier molecular flexibility index (Phi) is 2.21. The monoisotopic (exact) mass is 205 g/mol. The summed E-state index contributed by atoms with van der Waals surface area (Å²) in [6.45, 7) is 10.3. The number of hydrogen-bond acceptors (Lipinski definition) is 3. The van der Waals surface area contributed by atoms with E-state index in [1.165, 1.54) is 0 Å². The van der Waals surface area contributed by atoms with E-state index in [0.717, 1.165) is 12.4 Å². The maximum Gasteiger partial charge on any atom is 0.144 e. The summed E-state index contributed by atoms with van der Waals surface area (Å²) < 4.78 is 0. The largest absolute Gasteiger partial charge is 0.368 e. The molecule has 1 N–H and O–H groups in total. The number of aromatic nitrogens is 2. The van der Waals surface area contributed by atoms with Gasteiger partial charge in [-0.15, -0.1) is 0 Å². The van der Waals surface area contributed by atoms with Crippen LogP contribution in [0.5, 0.6) is 0 Å². The number of rotatable bonds is 3. The molecule has 1 fully saturated rings. The van der Waals surface area contributed by atoms with E-state index in [9.17, 15) is 0 Å². The van der Waals surface area contributed by atoms with E-state index >= 15 is 0 Å². The molecule has 0 radical (unpaired) electrons. The molecule has 0 bridgehead atoms. The lowest BCUT2D eigenvalue weighted by Gasteiger charge is -2.05. The van der Waals surface area contributed by atoms with Gasteiger partial charge in [0.1, 0.15) is 5.82 Å². The van der Waals surface area contributed by atoms with E-state index in [0.29, 0.717) is 16.7 Å². The van der Waals surface area contributed by atoms with Crippen molar-refractivity contribution in [3.05, 3.63) is 18.6 Å². The van der Waals surface area contributed by atoms with Crippen molar-refractivity contribution in [2.24, 2.45) is 16.7 Å². The van der Waals surface area contributed by atoms with Gasteiger partial charge in [0.15, 0.2) is 0 Å². The zero-order valence-corrected chi connectivity index (χ0v) is 9.91. The third kappa shape index (κ3) is 1.60. The van der Waals surface area contributed by atoms with Crippen LogP contribution in [-0.4, -0.2) is 16.5 Å². The van der Waals surface area contributed by atoms with Gasteiger partial charge in [-0.05, 0) is 16.7 Å². The van der Waals surface area contributed by atoms with Crippen molar-refractivity contribution < 1.29 is 0 Å². The number of anilines is 1. The van der Waals surface area contributed by atoms with Crippen molar-refractivity contribution in [1.29, 1.82) is 0 Å². The van der Waals surface area contributed by atoms with Crippen molar-refractivity contribution in [1.82, 2.24) is 9.97 Å². The first-order valence-electron chi connectivity index (χ1n) is 5.46. The Morgan fingerprint density at radius 1 is 1.20 bits per heavy atom. The van der Waals surface area contributed by atoms with Crippen LogP contribution >= 0.6 is 0 Å². The Bertz CT molecular complexity index is 329. The van der Waals surface area contributed by atoms with Crippen molar-refractivity contribution in [2.75, 3.05) is 11.9 Å². The summed E-state index contributed by atoms with van der Waals surface area (Å²) in [7, 11) is 0. The summed E-state index contributed by atoms with van der Waals surface area (Å²) in [6.07, 6.45) is 5.17. The molecule has 1 aliphatic carbocycles. The fourth-order valence-electron chi connectivity index (χ4n) is 2.44. The second-order valence-corrected chi connectivity index (χ2v) is 5.47. The molecule has 1 aromatic heterocycles. The highest BCUT2D eigenvalue weighted by atomic mass is 15.0. The zero-order valence-electron chi connectivity index (χ0n) is 9.91. The molecule has 1 aliphatic rings. The predicted octanol–water partition coefficient (Wildman–Crippen LogP) is 2.57. The third-order valence-corrected chi connectivity index (χ3v) is 4.37. The summed E-state index contributed by atoms with van der Waals surface area (Å²) in [5, 5.41) is 3.34. The second kappa shape index (κ2) is 3.19. The summed E-state index contributed by atoms with van der Waals surface area (Å²) in [5.41, 5.74) is 0.865. The van der Waals surface area contributed by atoms with Crippen LogP contribution in [0.3, 0.4) is 0 Å². The minimum atomic E-state index is 0.433. The summed E-state index contributed by atoms with van der Waals surface area (Å²) in [5.74, 6) is 1.59. The van der Waals surface area contributed by atoms with Gasteiger partial charge < -0.3 is 5.32 Å². The van der Waals surface area contributed by atoms with Crippen molar-refractivity contribution >= 4 is 5.82 Å². The van der Waals surface area contributed by atoms with Gasteiger partial charge in [-0.2, -0.15) is 0 Å². The molecule has 0 spiro atoms. The zero-order chi connectivity index (χ0) is 11.1. The van der Waals surface area contributed by atoms with Crippen LogP contribution in [0.15, 0.2) is 18.6 Å². The predicted molar refractivity (Wildman–Crippen MR) is 61.6 cm³/mol. The summed E-state index contributed by atoms with van der Waals surface area (Å²) in [4.78, 5) is 8.23. The van der Waals surface area contributed by atoms with Crippen molar-refractivity contribution in [3.8, 4) is 0 Å². The molecule has 0 saturated heterocycles. The topological polar surface area (TPSA) is 37.8 Å². The van der Waals surface area contributed by atoms with Gasteiger partial charge in [-0.3, -0.25) is 4.98 Å². The molecule has 0 aliphatic heterocycles. The Labute approximate surface area is 91.3 Å². The number of hydrogen-bond donors (Lipinski definition) is 1. The van der Waals surface area contributed by atoms with E-state index in [1.54, 1.807) is 18.6 Å². The molecule has 15 heavy (non-hydrogen) atoms. The van der Waals surface area contributed by atoms with E-state index in [-0.39, 0.29) is 0 Å². The fourth-order valence-corrected chi connectivity index (χ4v) is 2.44. The van der Waals surface area contributed by atoms with Crippen LogP contribution in [0.1, 0.15) is 27.7 Å². The van der Waals surface area contributed by atoms with Crippen molar-refractivity contribution in [3.63, 3.8) is 0 Å². The molecule has 0 aromatic carbocycles. The Morgan fingerprint density at radius 3 is 2.33 bits per heavy atom. The van der Waals surface area contributed by atoms with E-state index in [4.69, 9.17) is 0 Å². The molecule has 3 heteroatoms. The molecule has 2 rings (SSSR count). The molecule has 1 heterocycles. The van der Waals surface area contributed by atoms with Crippen LogP contribution in [0.25, 0.3) is 0 Å². The average molecular weight is 205 g/mol. The number of nitrogens with one attached hydrogen (secondary N) is 1. The minimum absolute atomic E-state index is 0.433. The lowest BCUT2D eigenvalue weighted by atomic mass is 10.0. The van der Waals surface area contributed by atoms with Crippen molar-refractivity contribution in [2.45, 2.75) is 27.7 Å². The van der Waals surface area contributed by atoms with Gasteiger partial charge in [0.25, 0.3) is 0 Å². The van der Waals surface area contributed by atoms with E-state index in [2.05, 4.69) is 43.0 Å². The fraction of sp³-hybridized carbons (Fsp3) is 0.667. The number of nitrogens with zero attached hydrogens (tertiary/aromatic N) is 2. The highest BCUT2D eigenvalue weighted by Crippen LogP contribution is 2.68. The first-order valence-corrected chi connectivity index (χ1v) is 5.46. The molecule has 3 nitrogen and oxygen atoms in total. The maximum atomic E-state index is 4.20. The van der Waals surface area contributed by atoms with Gasteiger partial charge in [-0.25, -0.2) is 4.98 Å². The second-order valence-electron chi connectivity index (χ2n) is 5.47. The standard InChI is InChI=1S/C12H19N3/c1-11(2)9(12(11,3)4)7-15-10-8-13-5-6-14-10/h5-6,8-9H,7H2,1-4H3,(H,14,15). The van der Waals surface area contributed by atoms with Crippen LogP contribution in [0, 0.1) is 16.7 Å². The van der Waals surface area contributed by atoms with Gasteiger partial charge in [0.05, 0.1) is 6.20 Å². The SMILES string of the molecule is CC1(C)C(CNc2cnccn2)C1(C)C. The van der Waals surface area contributed by atoms with Gasteiger partial charge >= 0.3 is 0 Å². The molecular weight excluding hydrogens is 186 g/mol. The molecule has 0 amide bonds. The van der Waals surface area contributed by atoms with Crippen LogP contribution in [0.4, 0.5) is 5.82 Å². The first-order chi connectivity index (χ1) is 6.96. The first kappa shape index (κ1) is 10.4. The van der Waals surface area contributed by atoms with E-state index in [1.807, 2.05) is 0 Å². The molecule has 0 atom stereocenters. The van der Waals surface area contributed by atoms with E-state index < -0.39 is 0 Å². The van der Waals surface area contributed by atoms with Gasteiger partial charge in [0, 0.05) is 18.9 Å². The maximum absolute atomic E-state index is 4.20. The molecule has 1 aromatic rings.